The molecule has 0 atom stereocenters. The molecule has 20 heavy (non-hydrogen) atoms. The van der Waals surface area contributed by atoms with Crippen molar-refractivity contribution in [3.8, 4) is 11.3 Å². The van der Waals surface area contributed by atoms with Gasteiger partial charge in [0.05, 0.1) is 17.4 Å². The Morgan fingerprint density at radius 1 is 1.05 bits per heavy atom. The summed E-state index contributed by atoms with van der Waals surface area (Å²) in [6.07, 6.45) is 3.13. The molecule has 0 N–H and O–H groups in total. The first-order chi connectivity index (χ1) is 9.39. The molecule has 4 nitrogen and oxygen atoms in total. The Bertz CT molecular complexity index is 591. The van der Waals surface area contributed by atoms with E-state index in [0.717, 1.165) is 16.8 Å². The number of rotatable bonds is 2. The Kier molecular flexibility index (Phi) is 2.99. The van der Waals surface area contributed by atoms with Crippen LogP contribution in [-0.4, -0.2) is 23.3 Å². The van der Waals surface area contributed by atoms with E-state index in [2.05, 4.69) is 4.98 Å². The fourth-order valence-corrected chi connectivity index (χ4v) is 2.18. The molecular weight excluding hydrogens is 253 g/mol. The van der Waals surface area contributed by atoms with Crippen molar-refractivity contribution < 1.29 is 13.7 Å². The Morgan fingerprint density at radius 3 is 2.35 bits per heavy atom. The monoisotopic (exact) mass is 271 g/mol. The molecule has 3 rings (SSSR count). The number of nitrogens with zero attached hydrogens (tertiary/aromatic N) is 1. The van der Waals surface area contributed by atoms with Gasteiger partial charge in [0.2, 0.25) is 0 Å². The smallest absolute Gasteiger partial charge is 0.444 e. The minimum absolute atomic E-state index is 0.333. The van der Waals surface area contributed by atoms with Crippen LogP contribution in [-0.2, 0) is 9.31 Å². The standard InChI is InChI=1S/C15H18BNO3/c1-14(2)15(3,4)20-16(19-14)12-7-5-6-11(8-12)13-9-17-10-18-13/h5-10H,1-4H3. The summed E-state index contributed by atoms with van der Waals surface area (Å²) in [4.78, 5) is 3.94. The molecule has 0 saturated carbocycles. The number of hydrogen-bond acceptors (Lipinski definition) is 4. The van der Waals surface area contributed by atoms with Crippen LogP contribution in [0.3, 0.4) is 0 Å². The summed E-state index contributed by atoms with van der Waals surface area (Å²) in [5, 5.41) is 0. The van der Waals surface area contributed by atoms with Crippen LogP contribution in [0, 0.1) is 0 Å². The highest BCUT2D eigenvalue weighted by molar-refractivity contribution is 6.62. The van der Waals surface area contributed by atoms with Crippen molar-refractivity contribution in [1.29, 1.82) is 0 Å². The molecule has 0 aliphatic carbocycles. The van der Waals surface area contributed by atoms with Gasteiger partial charge < -0.3 is 13.7 Å². The summed E-state index contributed by atoms with van der Waals surface area (Å²) in [5.41, 5.74) is 1.28. The van der Waals surface area contributed by atoms with Crippen LogP contribution in [0.1, 0.15) is 27.7 Å². The lowest BCUT2D eigenvalue weighted by Crippen LogP contribution is -2.41. The molecule has 1 aliphatic heterocycles. The Balaban J connectivity index is 1.91. The number of oxazole rings is 1. The van der Waals surface area contributed by atoms with Gasteiger partial charge in [-0.05, 0) is 33.2 Å². The second kappa shape index (κ2) is 4.47. The van der Waals surface area contributed by atoms with Crippen molar-refractivity contribution in [3.63, 3.8) is 0 Å². The van der Waals surface area contributed by atoms with E-state index >= 15 is 0 Å². The van der Waals surface area contributed by atoms with Gasteiger partial charge >= 0.3 is 7.12 Å². The van der Waals surface area contributed by atoms with Crippen LogP contribution in [0.4, 0.5) is 0 Å². The number of aromatic nitrogens is 1. The molecule has 1 aliphatic rings. The number of benzene rings is 1. The van der Waals surface area contributed by atoms with Crippen LogP contribution in [0.5, 0.6) is 0 Å². The van der Waals surface area contributed by atoms with E-state index < -0.39 is 0 Å². The molecule has 104 valence electrons. The van der Waals surface area contributed by atoms with Crippen LogP contribution in [0.25, 0.3) is 11.3 Å². The zero-order valence-corrected chi connectivity index (χ0v) is 12.2. The van der Waals surface area contributed by atoms with Crippen molar-refractivity contribution in [2.24, 2.45) is 0 Å². The summed E-state index contributed by atoms with van der Waals surface area (Å²) < 4.78 is 17.4. The summed E-state index contributed by atoms with van der Waals surface area (Å²) in [7, 11) is -0.358. The minimum atomic E-state index is -0.358. The molecule has 5 heteroatoms. The van der Waals surface area contributed by atoms with Gasteiger partial charge in [0, 0.05) is 5.56 Å². The second-order valence-electron chi connectivity index (χ2n) is 6.08. The summed E-state index contributed by atoms with van der Waals surface area (Å²) >= 11 is 0. The lowest BCUT2D eigenvalue weighted by Gasteiger charge is -2.32. The van der Waals surface area contributed by atoms with Gasteiger partial charge in [-0.2, -0.15) is 0 Å². The van der Waals surface area contributed by atoms with Gasteiger partial charge in [-0.15, -0.1) is 0 Å². The first kappa shape index (κ1) is 13.4. The van der Waals surface area contributed by atoms with E-state index in [1.807, 2.05) is 52.0 Å². The third-order valence-electron chi connectivity index (χ3n) is 4.13. The molecule has 1 aromatic carbocycles. The lowest BCUT2D eigenvalue weighted by atomic mass is 9.78. The van der Waals surface area contributed by atoms with E-state index in [-0.39, 0.29) is 18.3 Å². The van der Waals surface area contributed by atoms with Crippen molar-refractivity contribution in [3.05, 3.63) is 36.9 Å². The highest BCUT2D eigenvalue weighted by atomic mass is 16.7. The second-order valence-corrected chi connectivity index (χ2v) is 6.08. The zero-order valence-electron chi connectivity index (χ0n) is 12.2. The molecule has 2 aromatic rings. The highest BCUT2D eigenvalue weighted by Gasteiger charge is 2.51. The molecule has 0 amide bonds. The molecule has 0 radical (unpaired) electrons. The predicted octanol–water partition coefficient (Wildman–Crippen LogP) is 2.64. The van der Waals surface area contributed by atoms with Crippen LogP contribution in [0.15, 0.2) is 41.3 Å². The maximum absolute atomic E-state index is 6.05. The van der Waals surface area contributed by atoms with Crippen LogP contribution in [0.2, 0.25) is 0 Å². The summed E-state index contributed by atoms with van der Waals surface area (Å²) in [6, 6.07) is 7.97. The topological polar surface area (TPSA) is 44.5 Å². The van der Waals surface area contributed by atoms with Gasteiger partial charge in [-0.3, -0.25) is 0 Å². The van der Waals surface area contributed by atoms with Gasteiger partial charge in [-0.25, -0.2) is 4.98 Å². The maximum Gasteiger partial charge on any atom is 0.494 e. The molecular formula is C15H18BNO3. The summed E-state index contributed by atoms with van der Waals surface area (Å²) in [5.74, 6) is 0.739. The average Bonchev–Trinajstić information content (AvgIpc) is 2.97. The van der Waals surface area contributed by atoms with E-state index in [1.165, 1.54) is 6.39 Å². The van der Waals surface area contributed by atoms with Gasteiger partial charge in [0.1, 0.15) is 0 Å². The SMILES string of the molecule is CC1(C)OB(c2cccc(-c3cnco3)c2)OC1(C)C. The normalized spacial score (nSPS) is 20.3. The minimum Gasteiger partial charge on any atom is -0.444 e. The first-order valence-corrected chi connectivity index (χ1v) is 6.73. The number of hydrogen-bond donors (Lipinski definition) is 0. The first-order valence-electron chi connectivity index (χ1n) is 6.73. The molecule has 0 bridgehead atoms. The highest BCUT2D eigenvalue weighted by Crippen LogP contribution is 2.36. The fraction of sp³-hybridized carbons (Fsp3) is 0.400. The third-order valence-corrected chi connectivity index (χ3v) is 4.13. The molecule has 1 aromatic heterocycles. The largest absolute Gasteiger partial charge is 0.494 e. The van der Waals surface area contributed by atoms with Gasteiger partial charge in [-0.1, -0.05) is 24.3 Å². The van der Waals surface area contributed by atoms with Crippen molar-refractivity contribution in [2.45, 2.75) is 38.9 Å². The van der Waals surface area contributed by atoms with E-state index in [1.54, 1.807) is 6.20 Å². The van der Waals surface area contributed by atoms with Crippen LogP contribution < -0.4 is 5.46 Å². The zero-order chi connectivity index (χ0) is 14.4. The fourth-order valence-electron chi connectivity index (χ4n) is 2.18. The predicted molar refractivity (Wildman–Crippen MR) is 77.7 cm³/mol. The molecule has 1 fully saturated rings. The Hall–Kier alpha value is -1.59. The van der Waals surface area contributed by atoms with Crippen molar-refractivity contribution in [1.82, 2.24) is 4.98 Å². The summed E-state index contributed by atoms with van der Waals surface area (Å²) in [6.45, 7) is 8.20. The van der Waals surface area contributed by atoms with Crippen molar-refractivity contribution in [2.75, 3.05) is 0 Å². The molecule has 0 spiro atoms. The quantitative estimate of drug-likeness (QED) is 0.787. The molecule has 2 heterocycles. The van der Waals surface area contributed by atoms with Crippen molar-refractivity contribution >= 4 is 12.6 Å². The van der Waals surface area contributed by atoms with Crippen LogP contribution >= 0.6 is 0 Å². The Morgan fingerprint density at radius 2 is 1.75 bits per heavy atom. The average molecular weight is 271 g/mol. The molecule has 1 saturated heterocycles. The van der Waals surface area contributed by atoms with E-state index in [0.29, 0.717) is 0 Å². The molecule has 0 unspecified atom stereocenters. The van der Waals surface area contributed by atoms with E-state index in [4.69, 9.17) is 13.7 Å². The van der Waals surface area contributed by atoms with Gasteiger partial charge in [0.15, 0.2) is 12.2 Å². The van der Waals surface area contributed by atoms with Gasteiger partial charge in [0.25, 0.3) is 0 Å². The Labute approximate surface area is 119 Å². The van der Waals surface area contributed by atoms with E-state index in [9.17, 15) is 0 Å². The third kappa shape index (κ3) is 2.17. The maximum atomic E-state index is 6.05. The lowest BCUT2D eigenvalue weighted by molar-refractivity contribution is 0.00578.